The van der Waals surface area contributed by atoms with E-state index in [4.69, 9.17) is 0 Å². The lowest BCUT2D eigenvalue weighted by Crippen LogP contribution is -2.41. The SMILES string of the molecule is CCc1ccc(CN2CCC(C)(O)CC2)s1. The van der Waals surface area contributed by atoms with Crippen molar-refractivity contribution < 1.29 is 5.11 Å². The number of hydrogen-bond donors (Lipinski definition) is 1. The molecule has 0 radical (unpaired) electrons. The van der Waals surface area contributed by atoms with Gasteiger partial charge in [0.2, 0.25) is 0 Å². The lowest BCUT2D eigenvalue weighted by Gasteiger charge is -2.35. The van der Waals surface area contributed by atoms with E-state index in [-0.39, 0.29) is 0 Å². The van der Waals surface area contributed by atoms with Crippen LogP contribution in [0, 0.1) is 0 Å². The summed E-state index contributed by atoms with van der Waals surface area (Å²) in [5.41, 5.74) is -0.430. The molecule has 1 aliphatic rings. The first-order valence-corrected chi connectivity index (χ1v) is 6.93. The molecule has 3 heteroatoms. The molecule has 0 atom stereocenters. The van der Waals surface area contributed by atoms with Gasteiger partial charge in [0.1, 0.15) is 0 Å². The number of rotatable bonds is 3. The third kappa shape index (κ3) is 3.06. The Morgan fingerprint density at radius 2 is 1.94 bits per heavy atom. The van der Waals surface area contributed by atoms with Crippen molar-refractivity contribution in [3.05, 3.63) is 21.9 Å². The van der Waals surface area contributed by atoms with E-state index < -0.39 is 5.60 Å². The predicted molar refractivity (Wildman–Crippen MR) is 68.8 cm³/mol. The Hall–Kier alpha value is -0.380. The topological polar surface area (TPSA) is 23.5 Å². The molecule has 1 N–H and O–H groups in total. The fraction of sp³-hybridized carbons (Fsp3) is 0.692. The molecule has 0 spiro atoms. The van der Waals surface area contributed by atoms with Crippen LogP contribution in [0.2, 0.25) is 0 Å². The molecular weight excluding hydrogens is 218 g/mol. The lowest BCUT2D eigenvalue weighted by molar-refractivity contribution is -0.00706. The Labute approximate surface area is 102 Å². The summed E-state index contributed by atoms with van der Waals surface area (Å²) in [6.07, 6.45) is 2.94. The third-order valence-corrected chi connectivity index (χ3v) is 4.59. The number of nitrogens with zero attached hydrogens (tertiary/aromatic N) is 1. The molecule has 90 valence electrons. The molecule has 1 saturated heterocycles. The third-order valence-electron chi connectivity index (χ3n) is 3.38. The minimum atomic E-state index is -0.430. The highest BCUT2D eigenvalue weighted by Gasteiger charge is 2.27. The molecule has 0 saturated carbocycles. The maximum Gasteiger partial charge on any atom is 0.0644 e. The smallest absolute Gasteiger partial charge is 0.0644 e. The summed E-state index contributed by atoms with van der Waals surface area (Å²) in [6, 6.07) is 4.48. The highest BCUT2D eigenvalue weighted by Crippen LogP contribution is 2.24. The Morgan fingerprint density at radius 1 is 1.31 bits per heavy atom. The summed E-state index contributed by atoms with van der Waals surface area (Å²) in [6.45, 7) is 7.25. The van der Waals surface area contributed by atoms with Crippen molar-refractivity contribution in [3.8, 4) is 0 Å². The first-order valence-electron chi connectivity index (χ1n) is 6.11. The molecule has 0 unspecified atom stereocenters. The van der Waals surface area contributed by atoms with E-state index in [2.05, 4.69) is 24.0 Å². The van der Waals surface area contributed by atoms with Gasteiger partial charge in [-0.25, -0.2) is 0 Å². The first-order chi connectivity index (χ1) is 7.59. The average Bonchev–Trinajstić information content (AvgIpc) is 2.69. The van der Waals surface area contributed by atoms with E-state index in [1.807, 2.05) is 18.3 Å². The zero-order chi connectivity index (χ0) is 11.6. The molecule has 0 aliphatic carbocycles. The van der Waals surface area contributed by atoms with Crippen LogP contribution in [-0.2, 0) is 13.0 Å². The molecule has 0 aromatic carbocycles. The highest BCUT2D eigenvalue weighted by molar-refractivity contribution is 7.11. The summed E-state index contributed by atoms with van der Waals surface area (Å²) in [4.78, 5) is 5.38. The molecule has 2 heterocycles. The average molecular weight is 239 g/mol. The minimum Gasteiger partial charge on any atom is -0.390 e. The van der Waals surface area contributed by atoms with Crippen LogP contribution in [0.1, 0.15) is 36.4 Å². The van der Waals surface area contributed by atoms with Gasteiger partial charge in [0.15, 0.2) is 0 Å². The van der Waals surface area contributed by atoms with E-state index in [1.165, 1.54) is 9.75 Å². The van der Waals surface area contributed by atoms with E-state index >= 15 is 0 Å². The highest BCUT2D eigenvalue weighted by atomic mass is 32.1. The predicted octanol–water partition coefficient (Wildman–Crippen LogP) is 2.66. The monoisotopic (exact) mass is 239 g/mol. The van der Waals surface area contributed by atoms with Crippen LogP contribution >= 0.6 is 11.3 Å². The van der Waals surface area contributed by atoms with Crippen LogP contribution in [-0.4, -0.2) is 28.7 Å². The second-order valence-electron chi connectivity index (χ2n) is 4.99. The molecule has 1 aromatic heterocycles. The van der Waals surface area contributed by atoms with Crippen LogP contribution in [0.15, 0.2) is 12.1 Å². The van der Waals surface area contributed by atoms with Gasteiger partial charge in [-0.1, -0.05) is 6.92 Å². The van der Waals surface area contributed by atoms with Crippen LogP contribution in [0.5, 0.6) is 0 Å². The summed E-state index contributed by atoms with van der Waals surface area (Å²) in [7, 11) is 0. The van der Waals surface area contributed by atoms with Crippen molar-refractivity contribution in [2.24, 2.45) is 0 Å². The van der Waals surface area contributed by atoms with Crippen LogP contribution in [0.3, 0.4) is 0 Å². The van der Waals surface area contributed by atoms with Crippen molar-refractivity contribution in [2.45, 2.75) is 45.3 Å². The number of aryl methyl sites for hydroxylation is 1. The van der Waals surface area contributed by atoms with Crippen molar-refractivity contribution in [3.63, 3.8) is 0 Å². The van der Waals surface area contributed by atoms with Crippen LogP contribution < -0.4 is 0 Å². The van der Waals surface area contributed by atoms with Crippen LogP contribution in [0.25, 0.3) is 0 Å². The number of hydrogen-bond acceptors (Lipinski definition) is 3. The maximum atomic E-state index is 9.88. The quantitative estimate of drug-likeness (QED) is 0.876. The summed E-state index contributed by atoms with van der Waals surface area (Å²) in [5, 5.41) is 9.88. The Kier molecular flexibility index (Phi) is 3.67. The van der Waals surface area contributed by atoms with Gasteiger partial charge < -0.3 is 5.11 Å². The number of piperidine rings is 1. The molecule has 16 heavy (non-hydrogen) atoms. The molecule has 0 bridgehead atoms. The summed E-state index contributed by atoms with van der Waals surface area (Å²) in [5.74, 6) is 0. The number of likely N-dealkylation sites (tertiary alicyclic amines) is 1. The fourth-order valence-corrected chi connectivity index (χ4v) is 3.11. The Bertz CT molecular complexity index is 335. The molecular formula is C13H21NOS. The van der Waals surface area contributed by atoms with Gasteiger partial charge >= 0.3 is 0 Å². The van der Waals surface area contributed by atoms with Gasteiger partial charge in [-0.15, -0.1) is 11.3 Å². The van der Waals surface area contributed by atoms with E-state index in [0.29, 0.717) is 0 Å². The molecule has 2 nitrogen and oxygen atoms in total. The standard InChI is InChI=1S/C13H21NOS/c1-3-11-4-5-12(16-11)10-14-8-6-13(2,15)7-9-14/h4-5,15H,3,6-10H2,1-2H3. The van der Waals surface area contributed by atoms with E-state index in [1.54, 1.807) is 0 Å². The van der Waals surface area contributed by atoms with Gasteiger partial charge in [0, 0.05) is 29.4 Å². The second kappa shape index (κ2) is 4.86. The van der Waals surface area contributed by atoms with Gasteiger partial charge in [0.05, 0.1) is 5.60 Å². The van der Waals surface area contributed by atoms with Crippen molar-refractivity contribution in [2.75, 3.05) is 13.1 Å². The lowest BCUT2D eigenvalue weighted by atomic mass is 9.94. The largest absolute Gasteiger partial charge is 0.390 e. The van der Waals surface area contributed by atoms with Gasteiger partial charge in [0.25, 0.3) is 0 Å². The number of aliphatic hydroxyl groups is 1. The van der Waals surface area contributed by atoms with Crippen molar-refractivity contribution in [1.82, 2.24) is 4.90 Å². The van der Waals surface area contributed by atoms with Gasteiger partial charge in [-0.2, -0.15) is 0 Å². The Morgan fingerprint density at radius 3 is 2.50 bits per heavy atom. The summed E-state index contributed by atoms with van der Waals surface area (Å²) < 4.78 is 0. The Balaban J connectivity index is 1.87. The fourth-order valence-electron chi connectivity index (χ4n) is 2.11. The van der Waals surface area contributed by atoms with E-state index in [9.17, 15) is 5.11 Å². The molecule has 0 amide bonds. The second-order valence-corrected chi connectivity index (χ2v) is 6.25. The molecule has 2 rings (SSSR count). The van der Waals surface area contributed by atoms with Crippen molar-refractivity contribution >= 4 is 11.3 Å². The molecule has 1 aromatic rings. The van der Waals surface area contributed by atoms with Gasteiger partial charge in [-0.3, -0.25) is 4.90 Å². The zero-order valence-corrected chi connectivity index (χ0v) is 11.0. The first kappa shape index (κ1) is 12.1. The zero-order valence-electron chi connectivity index (χ0n) is 10.2. The van der Waals surface area contributed by atoms with Gasteiger partial charge in [-0.05, 0) is 38.3 Å². The van der Waals surface area contributed by atoms with Crippen molar-refractivity contribution in [1.29, 1.82) is 0 Å². The van der Waals surface area contributed by atoms with Crippen LogP contribution in [0.4, 0.5) is 0 Å². The molecule has 1 aliphatic heterocycles. The molecule has 1 fully saturated rings. The number of thiophene rings is 1. The minimum absolute atomic E-state index is 0.430. The summed E-state index contributed by atoms with van der Waals surface area (Å²) >= 11 is 1.92. The van der Waals surface area contributed by atoms with E-state index in [0.717, 1.165) is 38.9 Å². The normalized spacial score (nSPS) is 21.2. The maximum absolute atomic E-state index is 9.88.